The van der Waals surface area contributed by atoms with Crippen LogP contribution in [-0.4, -0.2) is 33.5 Å². The molecule has 96 valence electrons. The lowest BCUT2D eigenvalue weighted by atomic mass is 10.3. The molecule has 0 saturated carbocycles. The van der Waals surface area contributed by atoms with E-state index in [1.165, 1.54) is 0 Å². The number of aliphatic hydroxyl groups is 1. The van der Waals surface area contributed by atoms with Crippen LogP contribution in [0.3, 0.4) is 0 Å². The van der Waals surface area contributed by atoms with Crippen LogP contribution in [0.15, 0.2) is 29.2 Å². The van der Waals surface area contributed by atoms with E-state index >= 15 is 0 Å². The van der Waals surface area contributed by atoms with Gasteiger partial charge in [-0.2, -0.15) is 0 Å². The fraction of sp³-hybridized carbons (Fsp3) is 0.333. The molecule has 2 rings (SSSR count). The van der Waals surface area contributed by atoms with E-state index in [1.54, 1.807) is 23.6 Å². The third kappa shape index (κ3) is 2.55. The lowest BCUT2D eigenvalue weighted by molar-refractivity contribution is 0.175. The zero-order valence-electron chi connectivity index (χ0n) is 10.3. The van der Waals surface area contributed by atoms with Crippen molar-refractivity contribution in [2.75, 3.05) is 13.4 Å². The SMILES string of the molecule is COCc1c(CO)nnn1-c1cccc(SC)c1. The highest BCUT2D eigenvalue weighted by atomic mass is 32.2. The molecule has 0 saturated heterocycles. The molecule has 0 aliphatic carbocycles. The van der Waals surface area contributed by atoms with Gasteiger partial charge in [-0.05, 0) is 24.5 Å². The average Bonchev–Trinajstić information content (AvgIpc) is 2.82. The Labute approximate surface area is 110 Å². The fourth-order valence-electron chi connectivity index (χ4n) is 1.69. The zero-order valence-corrected chi connectivity index (χ0v) is 11.1. The van der Waals surface area contributed by atoms with Gasteiger partial charge >= 0.3 is 0 Å². The standard InChI is InChI=1S/C12H15N3O2S/c1-17-8-12-11(7-16)13-14-15(12)9-4-3-5-10(6-9)18-2/h3-6,16H,7-8H2,1-2H3. The van der Waals surface area contributed by atoms with E-state index in [2.05, 4.69) is 10.3 Å². The molecular formula is C12H15N3O2S. The number of aliphatic hydroxyl groups excluding tert-OH is 1. The Kier molecular flexibility index (Phi) is 4.35. The predicted octanol–water partition coefficient (Wildman–Crippen LogP) is 1.63. The summed E-state index contributed by atoms with van der Waals surface area (Å²) >= 11 is 1.67. The summed E-state index contributed by atoms with van der Waals surface area (Å²) in [5.74, 6) is 0. The number of hydrogen-bond acceptors (Lipinski definition) is 5. The monoisotopic (exact) mass is 265 g/mol. The van der Waals surface area contributed by atoms with Crippen LogP contribution in [0.5, 0.6) is 0 Å². The number of benzene rings is 1. The molecule has 1 aromatic carbocycles. The Hall–Kier alpha value is -1.37. The van der Waals surface area contributed by atoms with Crippen LogP contribution < -0.4 is 0 Å². The number of nitrogens with zero attached hydrogens (tertiary/aromatic N) is 3. The average molecular weight is 265 g/mol. The van der Waals surface area contributed by atoms with Gasteiger partial charge in [0.05, 0.1) is 24.6 Å². The lowest BCUT2D eigenvalue weighted by Gasteiger charge is -2.07. The summed E-state index contributed by atoms with van der Waals surface area (Å²) in [5, 5.41) is 17.3. The van der Waals surface area contributed by atoms with E-state index in [9.17, 15) is 5.11 Å². The first kappa shape index (κ1) is 13.1. The minimum atomic E-state index is -0.138. The van der Waals surface area contributed by atoms with Crippen LogP contribution in [0, 0.1) is 0 Å². The maximum atomic E-state index is 9.23. The molecule has 1 aromatic heterocycles. The van der Waals surface area contributed by atoms with Crippen molar-refractivity contribution < 1.29 is 9.84 Å². The highest BCUT2D eigenvalue weighted by Gasteiger charge is 2.13. The summed E-state index contributed by atoms with van der Waals surface area (Å²) in [6.45, 7) is 0.229. The van der Waals surface area contributed by atoms with Gasteiger partial charge in [0.2, 0.25) is 0 Å². The van der Waals surface area contributed by atoms with Crippen molar-refractivity contribution >= 4 is 11.8 Å². The molecule has 5 nitrogen and oxygen atoms in total. The number of thioether (sulfide) groups is 1. The van der Waals surface area contributed by atoms with Crippen molar-refractivity contribution in [2.24, 2.45) is 0 Å². The molecule has 0 atom stereocenters. The van der Waals surface area contributed by atoms with Gasteiger partial charge in [0.15, 0.2) is 0 Å². The first-order valence-electron chi connectivity index (χ1n) is 5.47. The van der Waals surface area contributed by atoms with E-state index in [0.29, 0.717) is 12.3 Å². The van der Waals surface area contributed by atoms with Crippen LogP contribution in [0.4, 0.5) is 0 Å². The van der Waals surface area contributed by atoms with Crippen LogP contribution >= 0.6 is 11.8 Å². The second kappa shape index (κ2) is 5.99. The minimum absolute atomic E-state index is 0.138. The molecule has 0 aliphatic heterocycles. The summed E-state index contributed by atoms with van der Waals surface area (Å²) < 4.78 is 6.83. The van der Waals surface area contributed by atoms with Gasteiger partial charge in [-0.25, -0.2) is 4.68 Å². The van der Waals surface area contributed by atoms with Gasteiger partial charge < -0.3 is 9.84 Å². The molecule has 6 heteroatoms. The first-order chi connectivity index (χ1) is 8.80. The summed E-state index contributed by atoms with van der Waals surface area (Å²) in [7, 11) is 1.61. The maximum Gasteiger partial charge on any atom is 0.114 e. The van der Waals surface area contributed by atoms with Gasteiger partial charge in [0, 0.05) is 12.0 Å². The summed E-state index contributed by atoms with van der Waals surface area (Å²) in [4.78, 5) is 1.15. The van der Waals surface area contributed by atoms with Crippen molar-refractivity contribution in [1.82, 2.24) is 15.0 Å². The second-order valence-electron chi connectivity index (χ2n) is 3.69. The van der Waals surface area contributed by atoms with E-state index in [4.69, 9.17) is 4.74 Å². The van der Waals surface area contributed by atoms with E-state index in [1.807, 2.05) is 30.5 Å². The topological polar surface area (TPSA) is 60.2 Å². The zero-order chi connectivity index (χ0) is 13.0. The minimum Gasteiger partial charge on any atom is -0.390 e. The van der Waals surface area contributed by atoms with Gasteiger partial charge in [-0.3, -0.25) is 0 Å². The molecule has 0 spiro atoms. The van der Waals surface area contributed by atoms with Crippen molar-refractivity contribution in [3.63, 3.8) is 0 Å². The van der Waals surface area contributed by atoms with Crippen molar-refractivity contribution in [3.05, 3.63) is 35.7 Å². The van der Waals surface area contributed by atoms with Crippen molar-refractivity contribution in [1.29, 1.82) is 0 Å². The van der Waals surface area contributed by atoms with Crippen LogP contribution in [0.1, 0.15) is 11.4 Å². The number of rotatable bonds is 5. The third-order valence-electron chi connectivity index (χ3n) is 2.57. The quantitative estimate of drug-likeness (QED) is 0.833. The van der Waals surface area contributed by atoms with Crippen LogP contribution in [-0.2, 0) is 18.0 Å². The van der Waals surface area contributed by atoms with E-state index < -0.39 is 0 Å². The molecular weight excluding hydrogens is 250 g/mol. The number of methoxy groups -OCH3 is 1. The van der Waals surface area contributed by atoms with Crippen molar-refractivity contribution in [2.45, 2.75) is 18.1 Å². The number of hydrogen-bond donors (Lipinski definition) is 1. The molecule has 1 N–H and O–H groups in total. The molecule has 1 heterocycles. The second-order valence-corrected chi connectivity index (χ2v) is 4.57. The molecule has 18 heavy (non-hydrogen) atoms. The van der Waals surface area contributed by atoms with Gasteiger partial charge in [-0.15, -0.1) is 16.9 Å². The summed E-state index contributed by atoms with van der Waals surface area (Å²) in [6, 6.07) is 7.99. The largest absolute Gasteiger partial charge is 0.390 e. The Morgan fingerprint density at radius 2 is 2.28 bits per heavy atom. The molecule has 0 unspecified atom stereocenters. The first-order valence-corrected chi connectivity index (χ1v) is 6.70. The smallest absolute Gasteiger partial charge is 0.114 e. The third-order valence-corrected chi connectivity index (χ3v) is 3.30. The predicted molar refractivity (Wildman–Crippen MR) is 69.8 cm³/mol. The number of ether oxygens (including phenoxy) is 1. The molecule has 0 bridgehead atoms. The fourth-order valence-corrected chi connectivity index (χ4v) is 2.14. The van der Waals surface area contributed by atoms with Gasteiger partial charge in [0.1, 0.15) is 5.69 Å². The lowest BCUT2D eigenvalue weighted by Crippen LogP contribution is -2.05. The molecule has 0 amide bonds. The van der Waals surface area contributed by atoms with Gasteiger partial charge in [-0.1, -0.05) is 11.3 Å². The van der Waals surface area contributed by atoms with Crippen LogP contribution in [0.25, 0.3) is 5.69 Å². The summed E-state index contributed by atoms with van der Waals surface area (Å²) in [5.41, 5.74) is 2.24. The van der Waals surface area contributed by atoms with E-state index in [0.717, 1.165) is 16.3 Å². The highest BCUT2D eigenvalue weighted by Crippen LogP contribution is 2.20. The van der Waals surface area contributed by atoms with Gasteiger partial charge in [0.25, 0.3) is 0 Å². The molecule has 0 fully saturated rings. The Bertz CT molecular complexity index is 528. The van der Waals surface area contributed by atoms with E-state index in [-0.39, 0.29) is 6.61 Å². The number of aromatic nitrogens is 3. The Morgan fingerprint density at radius 1 is 1.44 bits per heavy atom. The Balaban J connectivity index is 2.45. The molecule has 2 aromatic rings. The normalized spacial score (nSPS) is 10.8. The molecule has 0 aliphatic rings. The maximum absolute atomic E-state index is 9.23. The highest BCUT2D eigenvalue weighted by molar-refractivity contribution is 7.98. The van der Waals surface area contributed by atoms with Crippen molar-refractivity contribution in [3.8, 4) is 5.69 Å². The van der Waals surface area contributed by atoms with Crippen LogP contribution in [0.2, 0.25) is 0 Å². The summed E-state index contributed by atoms with van der Waals surface area (Å²) in [6.07, 6.45) is 2.02. The Morgan fingerprint density at radius 3 is 2.94 bits per heavy atom. The molecule has 0 radical (unpaired) electrons.